The van der Waals surface area contributed by atoms with Crippen LogP contribution in [0.1, 0.15) is 27.7 Å². The van der Waals surface area contributed by atoms with Gasteiger partial charge in [0.25, 0.3) is 0 Å². The predicted octanol–water partition coefficient (Wildman–Crippen LogP) is 4.27. The molecule has 1 saturated heterocycles. The normalized spacial score (nSPS) is 19.8. The van der Waals surface area contributed by atoms with Gasteiger partial charge >= 0.3 is 7.12 Å². The maximum atomic E-state index is 6.13. The van der Waals surface area contributed by atoms with E-state index >= 15 is 0 Å². The number of aromatic nitrogens is 1. The topological polar surface area (TPSA) is 34.2 Å². The summed E-state index contributed by atoms with van der Waals surface area (Å²) in [5, 5.41) is 3.03. The highest BCUT2D eigenvalue weighted by Crippen LogP contribution is 2.37. The van der Waals surface area contributed by atoms with E-state index in [2.05, 4.69) is 50.9 Å². The van der Waals surface area contributed by atoms with Gasteiger partial charge in [-0.3, -0.25) is 0 Å². The second-order valence-electron chi connectivity index (χ2n) is 7.21. The molecular formula is C18H19BClNO2. The molecule has 3 nitrogen and oxygen atoms in total. The Morgan fingerprint density at radius 1 is 0.870 bits per heavy atom. The molecule has 0 atom stereocenters. The first-order valence-corrected chi connectivity index (χ1v) is 8.21. The molecule has 2 aromatic carbocycles. The lowest BCUT2D eigenvalue weighted by Gasteiger charge is -2.32. The third-order valence-electron chi connectivity index (χ3n) is 5.11. The Morgan fingerprint density at radius 2 is 1.57 bits per heavy atom. The Bertz CT molecular complexity index is 900. The molecule has 0 amide bonds. The molecule has 0 spiro atoms. The maximum absolute atomic E-state index is 6.13. The van der Waals surface area contributed by atoms with E-state index in [9.17, 15) is 0 Å². The molecule has 1 aliphatic heterocycles. The van der Waals surface area contributed by atoms with Crippen molar-refractivity contribution in [1.82, 2.24) is 4.98 Å². The molecule has 23 heavy (non-hydrogen) atoms. The van der Waals surface area contributed by atoms with Gasteiger partial charge in [0.1, 0.15) is 0 Å². The fraction of sp³-hybridized carbons (Fsp3) is 0.333. The van der Waals surface area contributed by atoms with Gasteiger partial charge in [-0.25, -0.2) is 0 Å². The van der Waals surface area contributed by atoms with E-state index in [1.54, 1.807) is 0 Å². The Kier molecular flexibility index (Phi) is 3.12. The van der Waals surface area contributed by atoms with Crippen LogP contribution < -0.4 is 5.46 Å². The van der Waals surface area contributed by atoms with Crippen LogP contribution >= 0.6 is 11.6 Å². The van der Waals surface area contributed by atoms with E-state index in [0.29, 0.717) is 0 Å². The molecule has 4 rings (SSSR count). The Morgan fingerprint density at radius 3 is 2.26 bits per heavy atom. The highest BCUT2D eigenvalue weighted by molar-refractivity contribution is 6.62. The van der Waals surface area contributed by atoms with Gasteiger partial charge in [-0.05, 0) is 57.4 Å². The number of benzene rings is 2. The number of H-pyrrole nitrogens is 1. The molecule has 0 saturated carbocycles. The number of hydrogen-bond acceptors (Lipinski definition) is 2. The van der Waals surface area contributed by atoms with Crippen LogP contribution in [0.25, 0.3) is 21.8 Å². The lowest BCUT2D eigenvalue weighted by atomic mass is 9.79. The molecule has 1 aliphatic rings. The minimum Gasteiger partial charge on any atom is -0.399 e. The van der Waals surface area contributed by atoms with E-state index in [1.165, 1.54) is 0 Å². The van der Waals surface area contributed by atoms with Gasteiger partial charge in [-0.2, -0.15) is 0 Å². The van der Waals surface area contributed by atoms with Crippen molar-refractivity contribution in [3.63, 3.8) is 0 Å². The first-order chi connectivity index (χ1) is 10.8. The smallest absolute Gasteiger partial charge is 0.399 e. The van der Waals surface area contributed by atoms with Gasteiger partial charge in [0.2, 0.25) is 0 Å². The number of rotatable bonds is 1. The minimum absolute atomic E-state index is 0.333. The SMILES string of the molecule is CC1(C)OB(c2ccc3c(c2)[nH]c2ccc(Cl)cc23)OC1(C)C. The summed E-state index contributed by atoms with van der Waals surface area (Å²) in [7, 11) is -0.348. The summed E-state index contributed by atoms with van der Waals surface area (Å²) in [5.74, 6) is 0. The van der Waals surface area contributed by atoms with Crippen LogP contribution in [0.2, 0.25) is 5.02 Å². The first-order valence-electron chi connectivity index (χ1n) is 7.83. The van der Waals surface area contributed by atoms with Crippen molar-refractivity contribution in [3.8, 4) is 0 Å². The predicted molar refractivity (Wildman–Crippen MR) is 96.5 cm³/mol. The van der Waals surface area contributed by atoms with Crippen LogP contribution in [0.5, 0.6) is 0 Å². The summed E-state index contributed by atoms with van der Waals surface area (Å²) in [6, 6.07) is 12.2. The summed E-state index contributed by atoms with van der Waals surface area (Å²) in [5.41, 5.74) is 2.50. The molecular weight excluding hydrogens is 308 g/mol. The van der Waals surface area contributed by atoms with Gasteiger partial charge in [-0.1, -0.05) is 23.7 Å². The maximum Gasteiger partial charge on any atom is 0.494 e. The summed E-state index contributed by atoms with van der Waals surface area (Å²) >= 11 is 6.12. The number of aromatic amines is 1. The Hall–Kier alpha value is -1.49. The number of hydrogen-bond donors (Lipinski definition) is 1. The average Bonchev–Trinajstić information content (AvgIpc) is 2.92. The zero-order valence-electron chi connectivity index (χ0n) is 13.7. The van der Waals surface area contributed by atoms with Crippen molar-refractivity contribution in [2.75, 3.05) is 0 Å². The summed E-state index contributed by atoms with van der Waals surface area (Å²) < 4.78 is 12.3. The van der Waals surface area contributed by atoms with Crippen LogP contribution in [0.15, 0.2) is 36.4 Å². The van der Waals surface area contributed by atoms with E-state index < -0.39 is 0 Å². The fourth-order valence-corrected chi connectivity index (χ4v) is 3.19. The second kappa shape index (κ2) is 4.76. The van der Waals surface area contributed by atoms with Crippen molar-refractivity contribution >= 4 is 46.0 Å². The zero-order valence-corrected chi connectivity index (χ0v) is 14.5. The Balaban J connectivity index is 1.80. The number of fused-ring (bicyclic) bond motifs is 3. The molecule has 2 heterocycles. The fourth-order valence-electron chi connectivity index (χ4n) is 3.02. The molecule has 1 fully saturated rings. The summed E-state index contributed by atoms with van der Waals surface area (Å²) in [6.45, 7) is 8.26. The molecule has 5 heteroatoms. The lowest BCUT2D eigenvalue weighted by Crippen LogP contribution is -2.41. The van der Waals surface area contributed by atoms with E-state index in [1.807, 2.05) is 18.2 Å². The summed E-state index contributed by atoms with van der Waals surface area (Å²) in [6.07, 6.45) is 0. The molecule has 0 radical (unpaired) electrons. The van der Waals surface area contributed by atoms with Gasteiger partial charge in [-0.15, -0.1) is 0 Å². The number of nitrogens with one attached hydrogen (secondary N) is 1. The monoisotopic (exact) mass is 327 g/mol. The quantitative estimate of drug-likeness (QED) is 0.677. The Labute approximate surface area is 141 Å². The highest BCUT2D eigenvalue weighted by atomic mass is 35.5. The third kappa shape index (κ3) is 2.28. The molecule has 0 bridgehead atoms. The van der Waals surface area contributed by atoms with Crippen LogP contribution in [0.3, 0.4) is 0 Å². The van der Waals surface area contributed by atoms with Crippen LogP contribution in [0.4, 0.5) is 0 Å². The lowest BCUT2D eigenvalue weighted by molar-refractivity contribution is 0.00578. The van der Waals surface area contributed by atoms with Crippen LogP contribution in [0, 0.1) is 0 Å². The number of halogens is 1. The zero-order chi connectivity index (χ0) is 16.4. The molecule has 1 N–H and O–H groups in total. The van der Waals surface area contributed by atoms with Crippen molar-refractivity contribution in [3.05, 3.63) is 41.4 Å². The average molecular weight is 328 g/mol. The van der Waals surface area contributed by atoms with Crippen LogP contribution in [-0.4, -0.2) is 23.3 Å². The third-order valence-corrected chi connectivity index (χ3v) is 5.35. The molecule has 118 valence electrons. The van der Waals surface area contributed by atoms with Gasteiger partial charge in [0.05, 0.1) is 11.2 Å². The van der Waals surface area contributed by atoms with Gasteiger partial charge in [0, 0.05) is 26.8 Å². The second-order valence-corrected chi connectivity index (χ2v) is 7.64. The summed E-state index contributed by atoms with van der Waals surface area (Å²) in [4.78, 5) is 3.44. The largest absolute Gasteiger partial charge is 0.494 e. The van der Waals surface area contributed by atoms with Gasteiger partial charge in [0.15, 0.2) is 0 Å². The van der Waals surface area contributed by atoms with Crippen molar-refractivity contribution < 1.29 is 9.31 Å². The van der Waals surface area contributed by atoms with Crippen molar-refractivity contribution in [1.29, 1.82) is 0 Å². The molecule has 0 aliphatic carbocycles. The standard InChI is InChI=1S/C18H19BClNO2/c1-17(2)18(3,4)23-19(22-17)11-5-7-13-14-10-12(20)6-8-15(14)21-16(13)9-11/h5-10,21H,1-4H3. The molecule has 3 aromatic rings. The van der Waals surface area contributed by atoms with Crippen molar-refractivity contribution in [2.24, 2.45) is 0 Å². The van der Waals surface area contributed by atoms with Crippen molar-refractivity contribution in [2.45, 2.75) is 38.9 Å². The van der Waals surface area contributed by atoms with E-state index in [-0.39, 0.29) is 18.3 Å². The van der Waals surface area contributed by atoms with E-state index in [4.69, 9.17) is 20.9 Å². The molecule has 0 unspecified atom stereocenters. The highest BCUT2D eigenvalue weighted by Gasteiger charge is 2.51. The first kappa shape index (κ1) is 15.1. The van der Waals surface area contributed by atoms with Gasteiger partial charge < -0.3 is 14.3 Å². The molecule has 1 aromatic heterocycles. The van der Waals surface area contributed by atoms with E-state index in [0.717, 1.165) is 32.3 Å². The minimum atomic E-state index is -0.348. The van der Waals surface area contributed by atoms with Crippen LogP contribution in [-0.2, 0) is 9.31 Å².